The van der Waals surface area contributed by atoms with Crippen LogP contribution in [0.25, 0.3) is 5.65 Å². The summed E-state index contributed by atoms with van der Waals surface area (Å²) in [4.78, 5) is 0. The number of fused-ring (bicyclic) bond motifs is 1. The Labute approximate surface area is 99.6 Å². The Morgan fingerprint density at radius 1 is 1.41 bits per heavy atom. The average molecular weight is 232 g/mol. The van der Waals surface area contributed by atoms with E-state index in [0.717, 1.165) is 43.1 Å². The average Bonchev–Trinajstić information content (AvgIpc) is 2.99. The molecule has 0 saturated carbocycles. The molecule has 90 valence electrons. The number of nitrogens with zero attached hydrogens (tertiary/aromatic N) is 3. The van der Waals surface area contributed by atoms with E-state index < -0.39 is 0 Å². The molecule has 1 aliphatic heterocycles. The molecular formula is C12H16N4O. The Bertz CT molecular complexity index is 516. The van der Waals surface area contributed by atoms with Gasteiger partial charge in [0.2, 0.25) is 0 Å². The molecule has 0 radical (unpaired) electrons. The van der Waals surface area contributed by atoms with Crippen LogP contribution in [0, 0.1) is 5.92 Å². The molecule has 17 heavy (non-hydrogen) atoms. The summed E-state index contributed by atoms with van der Waals surface area (Å²) in [6.07, 6.45) is 4.07. The maximum atomic E-state index is 5.65. The second-order valence-electron chi connectivity index (χ2n) is 4.52. The molecule has 5 heteroatoms. The van der Waals surface area contributed by atoms with Crippen LogP contribution in [0.4, 0.5) is 0 Å². The van der Waals surface area contributed by atoms with Crippen LogP contribution in [-0.4, -0.2) is 27.8 Å². The van der Waals surface area contributed by atoms with Crippen molar-refractivity contribution in [2.24, 2.45) is 11.7 Å². The molecule has 1 unspecified atom stereocenters. The van der Waals surface area contributed by atoms with E-state index in [9.17, 15) is 0 Å². The van der Waals surface area contributed by atoms with Gasteiger partial charge in [-0.2, -0.15) is 0 Å². The molecule has 1 fully saturated rings. The van der Waals surface area contributed by atoms with E-state index in [-0.39, 0.29) is 0 Å². The smallest absolute Gasteiger partial charge is 0.160 e. The lowest BCUT2D eigenvalue weighted by atomic mass is 10.1. The third-order valence-corrected chi connectivity index (χ3v) is 3.27. The van der Waals surface area contributed by atoms with Gasteiger partial charge in [-0.1, -0.05) is 6.07 Å². The van der Waals surface area contributed by atoms with Gasteiger partial charge in [0.05, 0.1) is 0 Å². The first-order valence-electron chi connectivity index (χ1n) is 5.97. The predicted molar refractivity (Wildman–Crippen MR) is 63.5 cm³/mol. The summed E-state index contributed by atoms with van der Waals surface area (Å²) in [5.41, 5.74) is 7.63. The molecule has 2 N–H and O–H groups in total. The molecule has 0 aliphatic carbocycles. The van der Waals surface area contributed by atoms with Crippen LogP contribution in [0.15, 0.2) is 18.3 Å². The zero-order valence-corrected chi connectivity index (χ0v) is 9.67. The summed E-state index contributed by atoms with van der Waals surface area (Å²) in [6.45, 7) is 2.25. The van der Waals surface area contributed by atoms with Crippen molar-refractivity contribution < 1.29 is 4.74 Å². The summed E-state index contributed by atoms with van der Waals surface area (Å²) in [5.74, 6) is 1.58. The van der Waals surface area contributed by atoms with Gasteiger partial charge in [0, 0.05) is 32.4 Å². The number of pyridine rings is 1. The molecule has 1 atom stereocenters. The SMILES string of the molecule is NCc1ccc2nnc(CC3CCOC3)n2c1. The molecule has 2 aromatic heterocycles. The van der Waals surface area contributed by atoms with Crippen LogP contribution in [0.5, 0.6) is 0 Å². The van der Waals surface area contributed by atoms with Crippen LogP contribution in [0.3, 0.4) is 0 Å². The highest BCUT2D eigenvalue weighted by molar-refractivity contribution is 5.39. The molecule has 5 nitrogen and oxygen atoms in total. The quantitative estimate of drug-likeness (QED) is 0.848. The monoisotopic (exact) mass is 232 g/mol. The third kappa shape index (κ3) is 2.03. The molecule has 2 aromatic rings. The lowest BCUT2D eigenvalue weighted by Gasteiger charge is -2.06. The van der Waals surface area contributed by atoms with E-state index in [4.69, 9.17) is 10.5 Å². The zero-order valence-electron chi connectivity index (χ0n) is 9.67. The fraction of sp³-hybridized carbons (Fsp3) is 0.500. The van der Waals surface area contributed by atoms with Gasteiger partial charge >= 0.3 is 0 Å². The Kier molecular flexibility index (Phi) is 2.78. The maximum Gasteiger partial charge on any atom is 0.160 e. The van der Waals surface area contributed by atoms with Gasteiger partial charge < -0.3 is 10.5 Å². The van der Waals surface area contributed by atoms with Crippen LogP contribution in [0.1, 0.15) is 17.8 Å². The summed E-state index contributed by atoms with van der Waals surface area (Å²) < 4.78 is 7.43. The fourth-order valence-corrected chi connectivity index (χ4v) is 2.24. The van der Waals surface area contributed by atoms with E-state index in [1.807, 2.05) is 22.7 Å². The second-order valence-corrected chi connectivity index (χ2v) is 4.52. The highest BCUT2D eigenvalue weighted by atomic mass is 16.5. The largest absolute Gasteiger partial charge is 0.381 e. The Morgan fingerprint density at radius 3 is 3.12 bits per heavy atom. The van der Waals surface area contributed by atoms with Crippen molar-refractivity contribution in [1.29, 1.82) is 0 Å². The van der Waals surface area contributed by atoms with Crippen molar-refractivity contribution in [3.8, 4) is 0 Å². The molecule has 3 heterocycles. The summed E-state index contributed by atoms with van der Waals surface area (Å²) in [6, 6.07) is 3.95. The van der Waals surface area contributed by atoms with Crippen LogP contribution >= 0.6 is 0 Å². The zero-order chi connectivity index (χ0) is 11.7. The van der Waals surface area contributed by atoms with Gasteiger partial charge in [-0.05, 0) is 24.0 Å². The van der Waals surface area contributed by atoms with Crippen molar-refractivity contribution in [2.75, 3.05) is 13.2 Å². The number of rotatable bonds is 3. The molecule has 3 rings (SSSR count). The standard InChI is InChI=1S/C12H16N4O/c13-6-10-1-2-11-14-15-12(16(11)7-10)5-9-3-4-17-8-9/h1-2,7,9H,3-6,8,13H2. The number of hydrogen-bond donors (Lipinski definition) is 1. The summed E-state index contributed by atoms with van der Waals surface area (Å²) in [5, 5.41) is 8.42. The van der Waals surface area contributed by atoms with Crippen molar-refractivity contribution in [2.45, 2.75) is 19.4 Å². The lowest BCUT2D eigenvalue weighted by molar-refractivity contribution is 0.185. The minimum absolute atomic E-state index is 0.542. The predicted octanol–water partition coefficient (Wildman–Crippen LogP) is 0.767. The fourth-order valence-electron chi connectivity index (χ4n) is 2.24. The number of hydrogen-bond acceptors (Lipinski definition) is 4. The molecule has 0 amide bonds. The minimum Gasteiger partial charge on any atom is -0.381 e. The van der Waals surface area contributed by atoms with Gasteiger partial charge in [-0.25, -0.2) is 0 Å². The van der Waals surface area contributed by atoms with Crippen LogP contribution in [-0.2, 0) is 17.7 Å². The maximum absolute atomic E-state index is 5.65. The van der Waals surface area contributed by atoms with Crippen molar-refractivity contribution in [1.82, 2.24) is 14.6 Å². The number of ether oxygens (including phenoxy) is 1. The lowest BCUT2D eigenvalue weighted by Crippen LogP contribution is -2.08. The Hall–Kier alpha value is -1.46. The highest BCUT2D eigenvalue weighted by Gasteiger charge is 2.18. The van der Waals surface area contributed by atoms with Crippen LogP contribution < -0.4 is 5.73 Å². The normalized spacial score (nSPS) is 20.2. The molecule has 1 saturated heterocycles. The first-order valence-corrected chi connectivity index (χ1v) is 5.97. The third-order valence-electron chi connectivity index (χ3n) is 3.27. The van der Waals surface area contributed by atoms with E-state index >= 15 is 0 Å². The van der Waals surface area contributed by atoms with Gasteiger partial charge in [-0.15, -0.1) is 10.2 Å². The highest BCUT2D eigenvalue weighted by Crippen LogP contribution is 2.18. The Morgan fingerprint density at radius 2 is 2.35 bits per heavy atom. The van der Waals surface area contributed by atoms with E-state index in [1.54, 1.807) is 0 Å². The topological polar surface area (TPSA) is 65.4 Å². The van der Waals surface area contributed by atoms with Crippen LogP contribution in [0.2, 0.25) is 0 Å². The van der Waals surface area contributed by atoms with Gasteiger partial charge in [0.1, 0.15) is 5.82 Å². The molecule has 0 aromatic carbocycles. The first kappa shape index (κ1) is 10.7. The minimum atomic E-state index is 0.542. The van der Waals surface area contributed by atoms with Gasteiger partial charge in [-0.3, -0.25) is 4.40 Å². The molecular weight excluding hydrogens is 216 g/mol. The molecule has 0 spiro atoms. The number of nitrogens with two attached hydrogens (primary N) is 1. The summed E-state index contributed by atoms with van der Waals surface area (Å²) >= 11 is 0. The molecule has 0 bridgehead atoms. The Balaban J connectivity index is 1.92. The van der Waals surface area contributed by atoms with Gasteiger partial charge in [0.15, 0.2) is 5.65 Å². The molecule has 1 aliphatic rings. The van der Waals surface area contributed by atoms with Crippen molar-refractivity contribution in [3.63, 3.8) is 0 Å². The number of aromatic nitrogens is 3. The van der Waals surface area contributed by atoms with E-state index in [1.165, 1.54) is 0 Å². The van der Waals surface area contributed by atoms with E-state index in [0.29, 0.717) is 12.5 Å². The van der Waals surface area contributed by atoms with Crippen molar-refractivity contribution in [3.05, 3.63) is 29.7 Å². The van der Waals surface area contributed by atoms with Gasteiger partial charge in [0.25, 0.3) is 0 Å². The summed E-state index contributed by atoms with van der Waals surface area (Å²) in [7, 11) is 0. The van der Waals surface area contributed by atoms with E-state index in [2.05, 4.69) is 10.2 Å². The second kappa shape index (κ2) is 4.43. The van der Waals surface area contributed by atoms with Crippen molar-refractivity contribution >= 4 is 5.65 Å². The first-order chi connectivity index (χ1) is 8.36.